The standard InChI is InChI=1S/C21H27N7O/c29-21(25-17-3-1-2-4-17)27-20-6-5-18-19(26-20)7-15(10-23-18)16-11-24-28(13-16)12-14-8-22-9-14/h5-7,10-11,14,16-17,22H,1-4,8-9,12-13H2,(H2,25,26,27,29). The number of amides is 2. The molecule has 0 radical (unpaired) electrons. The highest BCUT2D eigenvalue weighted by atomic mass is 16.2. The molecule has 0 spiro atoms. The van der Waals surface area contributed by atoms with Crippen molar-refractivity contribution in [2.75, 3.05) is 31.5 Å². The Morgan fingerprint density at radius 1 is 1.21 bits per heavy atom. The summed E-state index contributed by atoms with van der Waals surface area (Å²) in [5, 5.41) is 15.9. The maximum Gasteiger partial charge on any atom is 0.320 e. The zero-order chi connectivity index (χ0) is 19.6. The molecule has 1 unspecified atom stereocenters. The molecule has 5 rings (SSSR count). The summed E-state index contributed by atoms with van der Waals surface area (Å²) in [4.78, 5) is 21.4. The number of nitrogens with one attached hydrogen (secondary N) is 3. The molecule has 2 aliphatic heterocycles. The molecule has 1 saturated carbocycles. The first-order valence-corrected chi connectivity index (χ1v) is 10.6. The molecular formula is C21H27N7O. The molecule has 3 N–H and O–H groups in total. The van der Waals surface area contributed by atoms with E-state index >= 15 is 0 Å². The maximum absolute atomic E-state index is 12.2. The van der Waals surface area contributed by atoms with Gasteiger partial charge in [0.1, 0.15) is 5.82 Å². The molecule has 0 bridgehead atoms. The molecule has 3 aliphatic rings. The van der Waals surface area contributed by atoms with Gasteiger partial charge >= 0.3 is 6.03 Å². The van der Waals surface area contributed by atoms with Crippen LogP contribution >= 0.6 is 0 Å². The van der Waals surface area contributed by atoms with E-state index in [2.05, 4.69) is 42.1 Å². The van der Waals surface area contributed by atoms with Crippen LogP contribution in [0, 0.1) is 5.92 Å². The Kier molecular flexibility index (Phi) is 5.01. The molecule has 1 atom stereocenters. The third-order valence-electron chi connectivity index (χ3n) is 6.07. The fourth-order valence-electron chi connectivity index (χ4n) is 4.29. The minimum absolute atomic E-state index is 0.183. The highest BCUT2D eigenvalue weighted by molar-refractivity contribution is 5.90. The van der Waals surface area contributed by atoms with E-state index in [1.165, 1.54) is 12.8 Å². The Balaban J connectivity index is 1.25. The Bertz CT molecular complexity index is 920. The summed E-state index contributed by atoms with van der Waals surface area (Å²) < 4.78 is 0. The summed E-state index contributed by atoms with van der Waals surface area (Å²) >= 11 is 0. The number of urea groups is 1. The van der Waals surface area contributed by atoms with E-state index in [4.69, 9.17) is 0 Å². The predicted octanol–water partition coefficient (Wildman–Crippen LogP) is 2.30. The summed E-state index contributed by atoms with van der Waals surface area (Å²) in [6.07, 6.45) is 8.41. The van der Waals surface area contributed by atoms with Crippen LogP contribution in [0.5, 0.6) is 0 Å². The third-order valence-corrected chi connectivity index (χ3v) is 6.07. The summed E-state index contributed by atoms with van der Waals surface area (Å²) in [7, 11) is 0. The number of carbonyl (C=O) groups is 1. The Morgan fingerprint density at radius 3 is 2.86 bits per heavy atom. The van der Waals surface area contributed by atoms with Gasteiger partial charge in [0.2, 0.25) is 0 Å². The van der Waals surface area contributed by atoms with Gasteiger partial charge in [0.25, 0.3) is 0 Å². The van der Waals surface area contributed by atoms with Crippen molar-refractivity contribution >= 4 is 29.1 Å². The lowest BCUT2D eigenvalue weighted by molar-refractivity contribution is 0.210. The molecule has 2 amide bonds. The molecule has 2 aromatic heterocycles. The lowest BCUT2D eigenvalue weighted by atomic mass is 10.0. The normalized spacial score (nSPS) is 22.2. The number of hydrazone groups is 1. The van der Waals surface area contributed by atoms with Crippen LogP contribution in [-0.4, -0.2) is 59.4 Å². The second kappa shape index (κ2) is 7.94. The van der Waals surface area contributed by atoms with Crippen LogP contribution in [0.1, 0.15) is 37.2 Å². The van der Waals surface area contributed by atoms with E-state index in [1.807, 2.05) is 18.5 Å². The average Bonchev–Trinajstić information content (AvgIpc) is 3.36. The Morgan fingerprint density at radius 2 is 2.07 bits per heavy atom. The van der Waals surface area contributed by atoms with Crippen molar-refractivity contribution in [1.82, 2.24) is 25.6 Å². The highest BCUT2D eigenvalue weighted by Gasteiger charge is 2.25. The Hall–Kier alpha value is -2.74. The van der Waals surface area contributed by atoms with Gasteiger partial charge in [0, 0.05) is 56.5 Å². The lowest BCUT2D eigenvalue weighted by Crippen LogP contribution is -2.47. The number of carbonyl (C=O) groups excluding carboxylic acids is 1. The topological polar surface area (TPSA) is 94.5 Å². The quantitative estimate of drug-likeness (QED) is 0.725. The van der Waals surface area contributed by atoms with E-state index in [0.29, 0.717) is 11.7 Å². The second-order valence-electron chi connectivity index (χ2n) is 8.35. The largest absolute Gasteiger partial charge is 0.335 e. The van der Waals surface area contributed by atoms with E-state index in [0.717, 1.165) is 55.6 Å². The number of hydrogen-bond acceptors (Lipinski definition) is 6. The lowest BCUT2D eigenvalue weighted by Gasteiger charge is -2.30. The number of pyridine rings is 2. The smallest absolute Gasteiger partial charge is 0.320 e. The summed E-state index contributed by atoms with van der Waals surface area (Å²) in [6, 6.07) is 5.86. The number of fused-ring (bicyclic) bond motifs is 1. The molecule has 29 heavy (non-hydrogen) atoms. The molecule has 8 nitrogen and oxygen atoms in total. The van der Waals surface area contributed by atoms with Crippen molar-refractivity contribution in [1.29, 1.82) is 0 Å². The number of aromatic nitrogens is 2. The number of hydrogen-bond donors (Lipinski definition) is 3. The summed E-state index contributed by atoms with van der Waals surface area (Å²) in [5.74, 6) is 1.47. The van der Waals surface area contributed by atoms with E-state index in [9.17, 15) is 4.79 Å². The average molecular weight is 393 g/mol. The maximum atomic E-state index is 12.2. The first-order chi connectivity index (χ1) is 14.2. The highest BCUT2D eigenvalue weighted by Crippen LogP contribution is 2.24. The van der Waals surface area contributed by atoms with Gasteiger partial charge in [-0.15, -0.1) is 0 Å². The van der Waals surface area contributed by atoms with Gasteiger partial charge in [0.15, 0.2) is 0 Å². The van der Waals surface area contributed by atoms with Gasteiger partial charge < -0.3 is 10.6 Å². The zero-order valence-electron chi connectivity index (χ0n) is 16.5. The molecule has 152 valence electrons. The van der Waals surface area contributed by atoms with Gasteiger partial charge in [-0.25, -0.2) is 9.78 Å². The van der Waals surface area contributed by atoms with E-state index in [-0.39, 0.29) is 18.0 Å². The number of nitrogens with zero attached hydrogens (tertiary/aromatic N) is 4. The van der Waals surface area contributed by atoms with Gasteiger partial charge in [0.05, 0.1) is 11.0 Å². The van der Waals surface area contributed by atoms with Crippen molar-refractivity contribution < 1.29 is 4.79 Å². The number of rotatable bonds is 5. The van der Waals surface area contributed by atoms with Crippen LogP contribution in [-0.2, 0) is 0 Å². The molecule has 2 fully saturated rings. The fourth-order valence-corrected chi connectivity index (χ4v) is 4.29. The molecule has 4 heterocycles. The van der Waals surface area contributed by atoms with E-state index in [1.54, 1.807) is 6.07 Å². The zero-order valence-corrected chi connectivity index (χ0v) is 16.5. The van der Waals surface area contributed by atoms with Crippen molar-refractivity contribution in [3.05, 3.63) is 30.0 Å². The van der Waals surface area contributed by atoms with Gasteiger partial charge in [-0.2, -0.15) is 5.10 Å². The van der Waals surface area contributed by atoms with Gasteiger partial charge in [-0.05, 0) is 36.6 Å². The molecule has 1 saturated heterocycles. The van der Waals surface area contributed by atoms with Gasteiger partial charge in [-0.3, -0.25) is 15.3 Å². The fraction of sp³-hybridized carbons (Fsp3) is 0.524. The van der Waals surface area contributed by atoms with Crippen LogP contribution < -0.4 is 16.0 Å². The van der Waals surface area contributed by atoms with Crippen molar-refractivity contribution in [3.63, 3.8) is 0 Å². The van der Waals surface area contributed by atoms with Crippen LogP contribution in [0.4, 0.5) is 10.6 Å². The summed E-state index contributed by atoms with van der Waals surface area (Å²) in [5.41, 5.74) is 2.72. The summed E-state index contributed by atoms with van der Waals surface area (Å²) in [6.45, 7) is 4.05. The van der Waals surface area contributed by atoms with Crippen molar-refractivity contribution in [2.24, 2.45) is 11.0 Å². The second-order valence-corrected chi connectivity index (χ2v) is 8.35. The number of anilines is 1. The molecule has 2 aromatic rings. The van der Waals surface area contributed by atoms with Crippen LogP contribution in [0.25, 0.3) is 11.0 Å². The molecule has 8 heteroatoms. The first kappa shape index (κ1) is 18.3. The molecular weight excluding hydrogens is 366 g/mol. The van der Waals surface area contributed by atoms with Crippen LogP contribution in [0.15, 0.2) is 29.5 Å². The minimum atomic E-state index is -0.183. The van der Waals surface area contributed by atoms with Crippen molar-refractivity contribution in [3.8, 4) is 0 Å². The monoisotopic (exact) mass is 393 g/mol. The van der Waals surface area contributed by atoms with Gasteiger partial charge in [-0.1, -0.05) is 12.8 Å². The van der Waals surface area contributed by atoms with E-state index < -0.39 is 0 Å². The SMILES string of the molecule is O=C(Nc1ccc2ncc(C3C=NN(CC4CNC4)C3)cc2n1)NC1CCCC1. The van der Waals surface area contributed by atoms with Crippen LogP contribution in [0.3, 0.4) is 0 Å². The van der Waals surface area contributed by atoms with Crippen LogP contribution in [0.2, 0.25) is 0 Å². The Labute approximate surface area is 170 Å². The molecule has 0 aromatic carbocycles. The first-order valence-electron chi connectivity index (χ1n) is 10.6. The minimum Gasteiger partial charge on any atom is -0.335 e. The predicted molar refractivity (Wildman–Crippen MR) is 113 cm³/mol. The third kappa shape index (κ3) is 4.17. The molecule has 1 aliphatic carbocycles. The van der Waals surface area contributed by atoms with Crippen molar-refractivity contribution in [2.45, 2.75) is 37.6 Å².